The van der Waals surface area contributed by atoms with Gasteiger partial charge in [0.25, 0.3) is 5.91 Å². The van der Waals surface area contributed by atoms with Crippen LogP contribution in [0.5, 0.6) is 11.5 Å². The molecule has 0 unspecified atom stereocenters. The first-order chi connectivity index (χ1) is 20.2. The highest BCUT2D eigenvalue weighted by molar-refractivity contribution is 9.11. The van der Waals surface area contributed by atoms with E-state index in [9.17, 15) is 9.59 Å². The lowest BCUT2D eigenvalue weighted by atomic mass is 10.0. The van der Waals surface area contributed by atoms with Crippen molar-refractivity contribution in [3.8, 4) is 22.6 Å². The van der Waals surface area contributed by atoms with Crippen LogP contribution < -0.4 is 14.9 Å². The van der Waals surface area contributed by atoms with Gasteiger partial charge < -0.3 is 14.5 Å². The Morgan fingerprint density at radius 3 is 2.45 bits per heavy atom. The zero-order valence-corrected chi connectivity index (χ0v) is 26.9. The van der Waals surface area contributed by atoms with E-state index in [0.29, 0.717) is 51.8 Å². The molecule has 2 N–H and O–H groups in total. The Kier molecular flexibility index (Phi) is 9.25. The van der Waals surface area contributed by atoms with E-state index in [1.54, 1.807) is 36.4 Å². The van der Waals surface area contributed by atoms with Crippen molar-refractivity contribution in [2.24, 2.45) is 5.10 Å². The van der Waals surface area contributed by atoms with E-state index in [1.807, 2.05) is 30.3 Å². The number of ether oxygens (including phenoxy) is 2. The van der Waals surface area contributed by atoms with E-state index in [4.69, 9.17) is 44.3 Å². The number of esters is 1. The molecule has 0 saturated heterocycles. The molecule has 0 fully saturated rings. The number of carbonyl (C=O) groups is 2. The van der Waals surface area contributed by atoms with Crippen LogP contribution >= 0.6 is 66.7 Å². The molecule has 0 aliphatic rings. The Morgan fingerprint density at radius 1 is 0.952 bits per heavy atom. The Hall–Kier alpha value is -3.34. The smallest absolute Gasteiger partial charge is 0.347 e. The molecular formula is C30H18Br2Cl3N3O4. The lowest BCUT2D eigenvalue weighted by Gasteiger charge is -2.12. The Labute approximate surface area is 272 Å². The summed E-state index contributed by atoms with van der Waals surface area (Å²) in [5, 5.41) is 5.98. The fraction of sp³-hybridized carbons (Fsp3) is 0.0333. The zero-order chi connectivity index (χ0) is 30.0. The summed E-state index contributed by atoms with van der Waals surface area (Å²) in [7, 11) is 1.44. The van der Waals surface area contributed by atoms with Crippen LogP contribution in [-0.4, -0.2) is 30.2 Å². The summed E-state index contributed by atoms with van der Waals surface area (Å²) >= 11 is 25.7. The van der Waals surface area contributed by atoms with Crippen molar-refractivity contribution < 1.29 is 19.1 Å². The van der Waals surface area contributed by atoms with Gasteiger partial charge >= 0.3 is 5.97 Å². The van der Waals surface area contributed by atoms with Gasteiger partial charge in [-0.3, -0.25) is 4.79 Å². The molecule has 0 aliphatic heterocycles. The Balaban J connectivity index is 1.47. The maximum atomic E-state index is 13.4. The molecule has 42 heavy (non-hydrogen) atoms. The van der Waals surface area contributed by atoms with Crippen molar-refractivity contribution >= 4 is 95.7 Å². The lowest BCUT2D eigenvalue weighted by molar-refractivity contribution is 0.0729. The fourth-order valence-corrected chi connectivity index (χ4v) is 6.40. The van der Waals surface area contributed by atoms with Crippen molar-refractivity contribution in [2.45, 2.75) is 0 Å². The van der Waals surface area contributed by atoms with Gasteiger partial charge in [0.2, 0.25) is 0 Å². The molecule has 212 valence electrons. The second-order valence-corrected chi connectivity index (χ2v) is 11.8. The number of methoxy groups -OCH3 is 1. The number of hydrogen-bond donors (Lipinski definition) is 2. The van der Waals surface area contributed by atoms with Crippen LogP contribution in [0.1, 0.15) is 26.4 Å². The first-order valence-electron chi connectivity index (χ1n) is 12.1. The van der Waals surface area contributed by atoms with Crippen LogP contribution in [0.2, 0.25) is 15.1 Å². The van der Waals surface area contributed by atoms with E-state index < -0.39 is 11.9 Å². The van der Waals surface area contributed by atoms with Crippen molar-refractivity contribution in [1.29, 1.82) is 0 Å². The van der Waals surface area contributed by atoms with Gasteiger partial charge in [-0.25, -0.2) is 10.2 Å². The highest BCUT2D eigenvalue weighted by atomic mass is 79.9. The molecule has 5 rings (SSSR count). The van der Waals surface area contributed by atoms with E-state index in [2.05, 4.69) is 47.4 Å². The predicted octanol–water partition coefficient (Wildman–Crippen LogP) is 9.31. The number of amides is 1. The quantitative estimate of drug-likeness (QED) is 0.0751. The van der Waals surface area contributed by atoms with Crippen molar-refractivity contribution in [3.05, 3.63) is 114 Å². The van der Waals surface area contributed by atoms with Gasteiger partial charge in [0.15, 0.2) is 5.75 Å². The summed E-state index contributed by atoms with van der Waals surface area (Å²) < 4.78 is 12.1. The molecule has 0 bridgehead atoms. The lowest BCUT2D eigenvalue weighted by Crippen LogP contribution is -2.19. The van der Waals surface area contributed by atoms with E-state index in [-0.39, 0.29) is 17.0 Å². The molecule has 0 atom stereocenters. The van der Waals surface area contributed by atoms with Gasteiger partial charge in [0.05, 0.1) is 22.8 Å². The Morgan fingerprint density at radius 2 is 1.71 bits per heavy atom. The molecule has 7 nitrogen and oxygen atoms in total. The first kappa shape index (κ1) is 30.1. The number of rotatable bonds is 7. The summed E-state index contributed by atoms with van der Waals surface area (Å²) in [5.41, 5.74) is 5.30. The molecule has 0 aliphatic carbocycles. The molecule has 1 heterocycles. The summed E-state index contributed by atoms with van der Waals surface area (Å²) in [4.78, 5) is 29.6. The van der Waals surface area contributed by atoms with Crippen LogP contribution in [-0.2, 0) is 0 Å². The van der Waals surface area contributed by atoms with E-state index >= 15 is 0 Å². The zero-order valence-electron chi connectivity index (χ0n) is 21.5. The molecule has 1 aromatic heterocycles. The maximum Gasteiger partial charge on any atom is 0.347 e. The Bertz CT molecular complexity index is 1880. The first-order valence-corrected chi connectivity index (χ1v) is 14.8. The number of H-pyrrole nitrogens is 1. The summed E-state index contributed by atoms with van der Waals surface area (Å²) in [6.45, 7) is 0. The normalized spacial score (nSPS) is 11.2. The summed E-state index contributed by atoms with van der Waals surface area (Å²) in [5.74, 6) is -0.753. The van der Waals surface area contributed by atoms with Gasteiger partial charge in [-0.2, -0.15) is 5.10 Å². The number of benzene rings is 4. The molecule has 12 heteroatoms. The minimum absolute atomic E-state index is 0.141. The van der Waals surface area contributed by atoms with Gasteiger partial charge in [-0.1, -0.05) is 81.1 Å². The average molecular weight is 751 g/mol. The monoisotopic (exact) mass is 747 g/mol. The van der Waals surface area contributed by atoms with Crippen LogP contribution in [0, 0.1) is 0 Å². The molecule has 4 aromatic carbocycles. The molecular weight excluding hydrogens is 733 g/mol. The van der Waals surface area contributed by atoms with Crippen molar-refractivity contribution in [2.75, 3.05) is 7.11 Å². The average Bonchev–Trinajstić information content (AvgIpc) is 3.35. The number of fused-ring (bicyclic) bond motifs is 1. The third-order valence-corrected chi connectivity index (χ3v) is 7.89. The number of hydrogen-bond acceptors (Lipinski definition) is 5. The number of carbonyl (C=O) groups excluding carboxylic acids is 2. The largest absolute Gasteiger partial charge is 0.496 e. The minimum Gasteiger partial charge on any atom is -0.496 e. The van der Waals surface area contributed by atoms with Gasteiger partial charge in [-0.15, -0.1) is 0 Å². The molecule has 5 aromatic rings. The number of aromatic nitrogens is 1. The van der Waals surface area contributed by atoms with Gasteiger partial charge in [0, 0.05) is 36.5 Å². The maximum absolute atomic E-state index is 13.4. The number of nitrogens with zero attached hydrogens (tertiary/aromatic N) is 1. The second kappa shape index (κ2) is 12.9. The van der Waals surface area contributed by atoms with Crippen LogP contribution in [0.15, 0.2) is 86.8 Å². The number of halogens is 5. The van der Waals surface area contributed by atoms with Gasteiger partial charge in [-0.05, 0) is 64.0 Å². The minimum atomic E-state index is -0.697. The summed E-state index contributed by atoms with van der Waals surface area (Å²) in [6, 6.07) is 20.7. The van der Waals surface area contributed by atoms with E-state index in [1.165, 1.54) is 19.4 Å². The standard InChI is InChI=1S/C30H18Br2Cl3N3O4/c1-41-24-8-7-18(33)11-20(24)30(40)42-28-16(9-17(31)10-21(28)32)14-36-38-29(39)27-25(15-5-3-2-4-6-15)26-22(35)12-19(34)13-23(26)37-27/h2-14,37H,1H3,(H,38,39). The third kappa shape index (κ3) is 6.35. The van der Waals surface area contributed by atoms with Crippen molar-refractivity contribution in [1.82, 2.24) is 10.4 Å². The van der Waals surface area contributed by atoms with Crippen LogP contribution in [0.4, 0.5) is 0 Å². The summed E-state index contributed by atoms with van der Waals surface area (Å²) in [6.07, 6.45) is 1.36. The van der Waals surface area contributed by atoms with Crippen molar-refractivity contribution in [3.63, 3.8) is 0 Å². The molecule has 1 amide bonds. The highest BCUT2D eigenvalue weighted by Crippen LogP contribution is 2.39. The SMILES string of the molecule is COc1ccc(Cl)cc1C(=O)Oc1c(Br)cc(Br)cc1C=NNC(=O)c1[nH]c2cc(Cl)cc(Cl)c2c1-c1ccccc1. The van der Waals surface area contributed by atoms with E-state index in [0.717, 1.165) is 5.56 Å². The fourth-order valence-electron chi connectivity index (χ4n) is 4.30. The molecule has 0 saturated carbocycles. The topological polar surface area (TPSA) is 92.8 Å². The molecule has 0 spiro atoms. The van der Waals surface area contributed by atoms with Crippen LogP contribution in [0.25, 0.3) is 22.0 Å². The number of hydrazone groups is 1. The number of aromatic amines is 1. The predicted molar refractivity (Wildman–Crippen MR) is 174 cm³/mol. The van der Waals surface area contributed by atoms with Gasteiger partial charge in [0.1, 0.15) is 17.0 Å². The second-order valence-electron chi connectivity index (χ2n) is 8.79. The third-order valence-electron chi connectivity index (χ3n) is 6.09. The molecule has 0 radical (unpaired) electrons. The van der Waals surface area contributed by atoms with Crippen LogP contribution in [0.3, 0.4) is 0 Å². The number of nitrogens with one attached hydrogen (secondary N) is 2. The highest BCUT2D eigenvalue weighted by Gasteiger charge is 2.22.